The molecule has 5 rings (SSSR count). The molecule has 2 N–H and O–H groups in total. The average Bonchev–Trinajstić information content (AvgIpc) is 2.88. The number of alkyl halides is 3. The average molecular weight is 529 g/mol. The Morgan fingerprint density at radius 2 is 1.79 bits per heavy atom. The molecule has 2 aromatic carbocycles. The summed E-state index contributed by atoms with van der Waals surface area (Å²) in [6.07, 6.45) is -4.16. The van der Waals surface area contributed by atoms with Crippen molar-refractivity contribution in [1.82, 2.24) is 14.5 Å². The van der Waals surface area contributed by atoms with Gasteiger partial charge in [-0.05, 0) is 31.4 Å². The van der Waals surface area contributed by atoms with Crippen LogP contribution >= 0.6 is 0 Å². The highest BCUT2D eigenvalue weighted by Gasteiger charge is 2.38. The van der Waals surface area contributed by atoms with Crippen LogP contribution in [0.5, 0.6) is 0 Å². The number of fused-ring (bicyclic) bond motifs is 1. The van der Waals surface area contributed by atoms with Crippen LogP contribution in [0.25, 0.3) is 10.9 Å². The van der Waals surface area contributed by atoms with Gasteiger partial charge in [-0.2, -0.15) is 13.2 Å². The van der Waals surface area contributed by atoms with E-state index in [4.69, 9.17) is 4.74 Å². The minimum absolute atomic E-state index is 0.0424. The van der Waals surface area contributed by atoms with Crippen LogP contribution in [-0.4, -0.2) is 32.9 Å². The molecule has 0 bridgehead atoms. The second-order valence-corrected chi connectivity index (χ2v) is 9.16. The molecule has 4 aromatic rings. The molecule has 1 fully saturated rings. The summed E-state index contributed by atoms with van der Waals surface area (Å²) in [6, 6.07) is 13.6. The van der Waals surface area contributed by atoms with Crippen molar-refractivity contribution in [3.63, 3.8) is 0 Å². The van der Waals surface area contributed by atoms with Crippen LogP contribution in [-0.2, 0) is 16.5 Å². The molecule has 3 heterocycles. The Morgan fingerprint density at radius 1 is 1.08 bits per heavy atom. The number of anilines is 1. The summed E-state index contributed by atoms with van der Waals surface area (Å²) in [7, 11) is 0. The van der Waals surface area contributed by atoms with Gasteiger partial charge in [0.15, 0.2) is 6.23 Å². The molecule has 38 heavy (non-hydrogen) atoms. The highest BCUT2D eigenvalue weighted by atomic mass is 19.4. The van der Waals surface area contributed by atoms with Gasteiger partial charge in [0.2, 0.25) is 0 Å². The predicted molar refractivity (Wildman–Crippen MR) is 132 cm³/mol. The molecule has 1 aliphatic rings. The van der Waals surface area contributed by atoms with Gasteiger partial charge in [0.1, 0.15) is 17.5 Å². The molecule has 198 valence electrons. The van der Waals surface area contributed by atoms with Crippen molar-refractivity contribution in [1.29, 1.82) is 0 Å². The van der Waals surface area contributed by atoms with Crippen LogP contribution in [0.3, 0.4) is 0 Å². The smallest absolute Gasteiger partial charge is 0.381 e. The van der Waals surface area contributed by atoms with E-state index in [0.717, 1.165) is 17.7 Å². The van der Waals surface area contributed by atoms with Gasteiger partial charge >= 0.3 is 6.18 Å². The lowest BCUT2D eigenvalue weighted by Crippen LogP contribution is -2.45. The van der Waals surface area contributed by atoms with Gasteiger partial charge < -0.3 is 19.7 Å². The van der Waals surface area contributed by atoms with Crippen LogP contribution < -0.4 is 10.9 Å². The molecule has 2 aromatic heterocycles. The minimum Gasteiger partial charge on any atom is -0.381 e. The number of ether oxygens (including phenoxy) is 1. The van der Waals surface area contributed by atoms with Gasteiger partial charge in [0.25, 0.3) is 5.56 Å². The van der Waals surface area contributed by atoms with Crippen molar-refractivity contribution in [2.75, 3.05) is 18.5 Å². The maximum atomic E-state index is 14.7. The fourth-order valence-corrected chi connectivity index (χ4v) is 4.98. The zero-order chi connectivity index (χ0) is 27.1. The number of aliphatic hydroxyl groups excluding tert-OH is 1. The maximum Gasteiger partial charge on any atom is 0.419 e. The normalized spacial score (nSPS) is 16.4. The van der Waals surface area contributed by atoms with E-state index in [-0.39, 0.29) is 22.7 Å². The van der Waals surface area contributed by atoms with Crippen LogP contribution in [0.4, 0.5) is 23.4 Å². The lowest BCUT2D eigenvalue weighted by molar-refractivity contribution is -0.140. The van der Waals surface area contributed by atoms with Gasteiger partial charge in [-0.15, -0.1) is 0 Å². The Kier molecular flexibility index (Phi) is 6.66. The number of aliphatic hydroxyl groups is 1. The molecule has 0 saturated carbocycles. The maximum absolute atomic E-state index is 14.7. The Morgan fingerprint density at radius 3 is 2.47 bits per heavy atom. The van der Waals surface area contributed by atoms with Gasteiger partial charge in [-0.1, -0.05) is 42.5 Å². The van der Waals surface area contributed by atoms with E-state index in [1.807, 2.05) is 30.3 Å². The molecule has 0 amide bonds. The molecular weight excluding hydrogens is 504 g/mol. The summed E-state index contributed by atoms with van der Waals surface area (Å²) >= 11 is 0. The first-order valence-corrected chi connectivity index (χ1v) is 12.0. The van der Waals surface area contributed by atoms with Crippen molar-refractivity contribution in [3.05, 3.63) is 99.5 Å². The molecule has 1 atom stereocenters. The fourth-order valence-electron chi connectivity index (χ4n) is 4.98. The Labute approximate surface area is 214 Å². The van der Waals surface area contributed by atoms with E-state index in [9.17, 15) is 27.5 Å². The van der Waals surface area contributed by atoms with E-state index < -0.39 is 34.9 Å². The highest BCUT2D eigenvalue weighted by Crippen LogP contribution is 2.37. The summed E-state index contributed by atoms with van der Waals surface area (Å²) in [4.78, 5) is 22.0. The zero-order valence-corrected chi connectivity index (χ0v) is 20.3. The third-order valence-electron chi connectivity index (χ3n) is 6.84. The highest BCUT2D eigenvalue weighted by molar-refractivity contribution is 5.88. The second kappa shape index (κ2) is 9.80. The Hall–Kier alpha value is -3.83. The quantitative estimate of drug-likeness (QED) is 0.283. The standard InChI is InChI=1S/C27H24F4N4O3/c1-16-32-21-14-22(36)35(26(10-12-38-13-11-26)17-6-3-2-4-7-17)15-19(21)24(33-16)34-25(37)18-8-5-9-20(23(18)28)27(29,30)31/h2-9,14-15,25,37H,10-13H2,1H3,(H,32,33,34). The minimum atomic E-state index is -4.93. The monoisotopic (exact) mass is 528 g/mol. The summed E-state index contributed by atoms with van der Waals surface area (Å²) in [5, 5.41) is 13.7. The fraction of sp³-hybridized carbons (Fsp3) is 0.296. The van der Waals surface area contributed by atoms with Crippen LogP contribution in [0.2, 0.25) is 0 Å². The SMILES string of the molecule is Cc1nc(NC(O)c2cccc(C(F)(F)F)c2F)c2cn(C3(c4ccccc4)CCOCC3)c(=O)cc2n1. The third kappa shape index (κ3) is 4.63. The first-order chi connectivity index (χ1) is 18.1. The lowest BCUT2D eigenvalue weighted by atomic mass is 9.82. The number of hydrogen-bond acceptors (Lipinski definition) is 6. The Bertz CT molecular complexity index is 1530. The number of nitrogens with one attached hydrogen (secondary N) is 1. The number of aryl methyl sites for hydroxylation is 1. The van der Waals surface area contributed by atoms with Crippen molar-refractivity contribution in [3.8, 4) is 0 Å². The molecule has 0 spiro atoms. The van der Waals surface area contributed by atoms with Gasteiger partial charge in [-0.3, -0.25) is 4.79 Å². The van der Waals surface area contributed by atoms with Crippen molar-refractivity contribution >= 4 is 16.7 Å². The van der Waals surface area contributed by atoms with Gasteiger partial charge in [0.05, 0.1) is 22.0 Å². The molecular formula is C27H24F4N4O3. The van der Waals surface area contributed by atoms with Gasteiger partial charge in [0, 0.05) is 31.0 Å². The van der Waals surface area contributed by atoms with Crippen LogP contribution in [0.15, 0.2) is 65.6 Å². The topological polar surface area (TPSA) is 89.3 Å². The summed E-state index contributed by atoms with van der Waals surface area (Å²) < 4.78 is 61.5. The molecule has 1 aliphatic heterocycles. The molecule has 11 heteroatoms. The zero-order valence-electron chi connectivity index (χ0n) is 20.3. The van der Waals surface area contributed by atoms with E-state index in [1.165, 1.54) is 6.07 Å². The van der Waals surface area contributed by atoms with E-state index in [1.54, 1.807) is 17.7 Å². The molecule has 0 aliphatic carbocycles. The Balaban J connectivity index is 1.63. The predicted octanol–water partition coefficient (Wildman–Crippen LogP) is 4.91. The number of nitrogens with zero attached hydrogens (tertiary/aromatic N) is 3. The summed E-state index contributed by atoms with van der Waals surface area (Å²) in [6.45, 7) is 2.43. The largest absolute Gasteiger partial charge is 0.419 e. The molecule has 1 unspecified atom stereocenters. The number of benzene rings is 2. The summed E-state index contributed by atoms with van der Waals surface area (Å²) in [5.41, 5.74) is -1.93. The summed E-state index contributed by atoms with van der Waals surface area (Å²) in [5.74, 6) is -1.30. The van der Waals surface area contributed by atoms with Crippen molar-refractivity contribution < 1.29 is 27.4 Å². The number of aromatic nitrogens is 3. The molecule has 1 saturated heterocycles. The van der Waals surface area contributed by atoms with Crippen molar-refractivity contribution in [2.45, 2.75) is 37.7 Å². The third-order valence-corrected chi connectivity index (χ3v) is 6.84. The van der Waals surface area contributed by atoms with Crippen LogP contribution in [0.1, 0.15) is 41.6 Å². The number of hydrogen-bond donors (Lipinski definition) is 2. The van der Waals surface area contributed by atoms with E-state index in [2.05, 4.69) is 15.3 Å². The second-order valence-electron chi connectivity index (χ2n) is 9.16. The van der Waals surface area contributed by atoms with Crippen molar-refractivity contribution in [2.24, 2.45) is 0 Å². The first kappa shape index (κ1) is 25.8. The van der Waals surface area contributed by atoms with Gasteiger partial charge in [-0.25, -0.2) is 14.4 Å². The van der Waals surface area contributed by atoms with E-state index >= 15 is 0 Å². The number of halogens is 4. The number of rotatable bonds is 5. The lowest BCUT2D eigenvalue weighted by Gasteiger charge is -2.39. The van der Waals surface area contributed by atoms with E-state index in [0.29, 0.717) is 37.5 Å². The molecule has 7 nitrogen and oxygen atoms in total. The van der Waals surface area contributed by atoms with Crippen LogP contribution in [0, 0.1) is 12.7 Å². The first-order valence-electron chi connectivity index (χ1n) is 12.0. The number of pyridine rings is 1. The molecule has 0 radical (unpaired) electrons.